The smallest absolute Gasteiger partial charge is 0.223 e. The van der Waals surface area contributed by atoms with Gasteiger partial charge in [0.1, 0.15) is 11.6 Å². The second-order valence-electron chi connectivity index (χ2n) is 9.91. The van der Waals surface area contributed by atoms with Crippen LogP contribution in [0.4, 0.5) is 5.82 Å². The predicted octanol–water partition coefficient (Wildman–Crippen LogP) is 2.62. The van der Waals surface area contributed by atoms with Crippen LogP contribution in [-0.4, -0.2) is 78.5 Å². The molecule has 0 saturated carbocycles. The molecular weight excluding hydrogens is 394 g/mol. The second kappa shape index (κ2) is 9.94. The van der Waals surface area contributed by atoms with E-state index >= 15 is 0 Å². The third kappa shape index (κ3) is 6.15. The lowest BCUT2D eigenvalue weighted by Gasteiger charge is -2.33. The molecule has 1 atom stereocenters. The fourth-order valence-corrected chi connectivity index (χ4v) is 4.35. The number of carbonyl (C=O) groups excluding carboxylic acids is 2. The summed E-state index contributed by atoms with van der Waals surface area (Å²) in [6, 6.07) is 1.96. The monoisotopic (exact) mass is 431 g/mol. The zero-order valence-corrected chi connectivity index (χ0v) is 19.6. The first-order valence-corrected chi connectivity index (χ1v) is 11.3. The molecule has 31 heavy (non-hydrogen) atoms. The van der Waals surface area contributed by atoms with E-state index in [1.165, 1.54) is 0 Å². The molecule has 1 aromatic rings. The molecule has 2 saturated heterocycles. The van der Waals surface area contributed by atoms with E-state index in [0.29, 0.717) is 32.5 Å². The maximum Gasteiger partial charge on any atom is 0.223 e. The maximum absolute atomic E-state index is 12.6. The van der Waals surface area contributed by atoms with Gasteiger partial charge in [-0.25, -0.2) is 9.97 Å². The molecular formula is C23H37N5O3. The van der Waals surface area contributed by atoms with Crippen LogP contribution in [0.5, 0.6) is 0 Å². The number of nitrogens with one attached hydrogen (secondary N) is 1. The van der Waals surface area contributed by atoms with E-state index in [4.69, 9.17) is 14.7 Å². The summed E-state index contributed by atoms with van der Waals surface area (Å²) in [5.41, 5.74) is 0.928. The van der Waals surface area contributed by atoms with Gasteiger partial charge in [0, 0.05) is 71.1 Å². The van der Waals surface area contributed by atoms with Gasteiger partial charge in [0.15, 0.2) is 0 Å². The topological polar surface area (TPSA) is 87.7 Å². The fourth-order valence-electron chi connectivity index (χ4n) is 4.35. The molecule has 172 valence electrons. The molecule has 0 bridgehead atoms. The molecule has 8 nitrogen and oxygen atoms in total. The summed E-state index contributed by atoms with van der Waals surface area (Å²) in [6.07, 6.45) is 2.78. The van der Waals surface area contributed by atoms with Crippen LogP contribution in [0.25, 0.3) is 0 Å². The van der Waals surface area contributed by atoms with Crippen molar-refractivity contribution in [2.45, 2.75) is 58.3 Å². The minimum atomic E-state index is 0.00290. The summed E-state index contributed by atoms with van der Waals surface area (Å²) in [7, 11) is 3.50. The largest absolute Gasteiger partial charge is 0.383 e. The number of rotatable bonds is 7. The van der Waals surface area contributed by atoms with Gasteiger partial charge in [-0.15, -0.1) is 0 Å². The quantitative estimate of drug-likeness (QED) is 0.714. The van der Waals surface area contributed by atoms with Crippen molar-refractivity contribution in [2.75, 3.05) is 52.3 Å². The van der Waals surface area contributed by atoms with Gasteiger partial charge in [0.2, 0.25) is 11.8 Å². The van der Waals surface area contributed by atoms with Crippen LogP contribution in [0.2, 0.25) is 0 Å². The van der Waals surface area contributed by atoms with Crippen molar-refractivity contribution in [3.05, 3.63) is 17.6 Å². The number of methoxy groups -OCH3 is 1. The Morgan fingerprint density at radius 1 is 1.23 bits per heavy atom. The first kappa shape index (κ1) is 23.4. The van der Waals surface area contributed by atoms with Crippen LogP contribution in [-0.2, 0) is 14.3 Å². The first-order valence-electron chi connectivity index (χ1n) is 11.3. The highest BCUT2D eigenvalue weighted by Crippen LogP contribution is 2.32. The summed E-state index contributed by atoms with van der Waals surface area (Å²) >= 11 is 0. The molecule has 0 radical (unpaired) electrons. The zero-order valence-electron chi connectivity index (χ0n) is 19.6. The van der Waals surface area contributed by atoms with Crippen molar-refractivity contribution in [1.29, 1.82) is 0 Å². The van der Waals surface area contributed by atoms with Gasteiger partial charge >= 0.3 is 0 Å². The maximum atomic E-state index is 12.6. The lowest BCUT2D eigenvalue weighted by Crippen LogP contribution is -2.39. The number of ether oxygens (including phenoxy) is 1. The van der Waals surface area contributed by atoms with E-state index in [0.717, 1.165) is 43.3 Å². The summed E-state index contributed by atoms with van der Waals surface area (Å²) in [6.45, 7) is 9.61. The van der Waals surface area contributed by atoms with Crippen molar-refractivity contribution in [3.8, 4) is 0 Å². The zero-order chi connectivity index (χ0) is 22.6. The van der Waals surface area contributed by atoms with Crippen LogP contribution in [0.1, 0.15) is 69.8 Å². The van der Waals surface area contributed by atoms with Gasteiger partial charge in [0.25, 0.3) is 0 Å². The number of carbonyl (C=O) groups is 2. The molecule has 8 heteroatoms. The molecule has 2 aliphatic rings. The number of likely N-dealkylation sites (tertiary alicyclic amines) is 2. The lowest BCUT2D eigenvalue weighted by atomic mass is 9.90. The Hall–Kier alpha value is -2.22. The number of nitrogens with zero attached hydrogens (tertiary/aromatic N) is 4. The molecule has 3 rings (SSSR count). The van der Waals surface area contributed by atoms with E-state index < -0.39 is 0 Å². The van der Waals surface area contributed by atoms with Crippen LogP contribution in [0, 0.1) is 5.41 Å². The fraction of sp³-hybridized carbons (Fsp3) is 0.739. The minimum Gasteiger partial charge on any atom is -0.383 e. The SMILES string of the molecule is CNc1cc([C@@H]2CC(=O)N(CCOC)C2)nc(C2CCN(C(=O)CC(C)(C)C)CC2)n1. The first-order chi connectivity index (χ1) is 14.7. The Morgan fingerprint density at radius 3 is 2.55 bits per heavy atom. The average molecular weight is 432 g/mol. The van der Waals surface area contributed by atoms with Gasteiger partial charge in [-0.05, 0) is 18.3 Å². The number of amides is 2. The van der Waals surface area contributed by atoms with E-state index in [2.05, 4.69) is 26.1 Å². The van der Waals surface area contributed by atoms with Gasteiger partial charge in [-0.2, -0.15) is 0 Å². The molecule has 0 spiro atoms. The Labute approximate surface area is 185 Å². The summed E-state index contributed by atoms with van der Waals surface area (Å²) in [5.74, 6) is 2.30. The van der Waals surface area contributed by atoms with Crippen molar-refractivity contribution >= 4 is 17.6 Å². The van der Waals surface area contributed by atoms with E-state index in [1.807, 2.05) is 22.9 Å². The van der Waals surface area contributed by atoms with E-state index in [9.17, 15) is 9.59 Å². The standard InChI is InChI=1S/C23H37N5O3/c1-23(2,3)14-21(30)27-8-6-16(7-9-27)22-25-18(13-19(24-4)26-22)17-12-20(29)28(15-17)10-11-31-5/h13,16-17H,6-12,14-15H2,1-5H3,(H,24,25,26)/t17-/m1/s1. The van der Waals surface area contributed by atoms with Crippen LogP contribution in [0.15, 0.2) is 6.07 Å². The molecule has 2 amide bonds. The highest BCUT2D eigenvalue weighted by molar-refractivity contribution is 5.79. The molecule has 1 N–H and O–H groups in total. The Morgan fingerprint density at radius 2 is 1.94 bits per heavy atom. The molecule has 3 heterocycles. The van der Waals surface area contributed by atoms with Crippen molar-refractivity contribution in [3.63, 3.8) is 0 Å². The van der Waals surface area contributed by atoms with Gasteiger partial charge in [0.05, 0.1) is 12.3 Å². The summed E-state index contributed by atoms with van der Waals surface area (Å²) in [5, 5.41) is 3.15. The molecule has 0 aromatic carbocycles. The van der Waals surface area contributed by atoms with Crippen LogP contribution in [0.3, 0.4) is 0 Å². The number of piperidine rings is 1. The van der Waals surface area contributed by atoms with Gasteiger partial charge in [-0.3, -0.25) is 9.59 Å². The molecule has 1 aromatic heterocycles. The Kier molecular flexibility index (Phi) is 7.51. The highest BCUT2D eigenvalue weighted by atomic mass is 16.5. The van der Waals surface area contributed by atoms with Gasteiger partial charge < -0.3 is 19.9 Å². The van der Waals surface area contributed by atoms with Crippen LogP contribution < -0.4 is 5.32 Å². The lowest BCUT2D eigenvalue weighted by molar-refractivity contribution is -0.134. The van der Waals surface area contributed by atoms with Crippen molar-refractivity contribution in [2.24, 2.45) is 5.41 Å². The number of anilines is 1. The summed E-state index contributed by atoms with van der Waals surface area (Å²) in [4.78, 5) is 38.4. The number of aromatic nitrogens is 2. The second-order valence-corrected chi connectivity index (χ2v) is 9.91. The third-order valence-corrected chi connectivity index (χ3v) is 6.11. The van der Waals surface area contributed by atoms with Crippen molar-refractivity contribution in [1.82, 2.24) is 19.8 Å². The van der Waals surface area contributed by atoms with Crippen molar-refractivity contribution < 1.29 is 14.3 Å². The summed E-state index contributed by atoms with van der Waals surface area (Å²) < 4.78 is 5.12. The number of hydrogen-bond donors (Lipinski definition) is 1. The van der Waals surface area contributed by atoms with Crippen LogP contribution >= 0.6 is 0 Å². The Bertz CT molecular complexity index is 784. The normalized spacial score (nSPS) is 20.4. The highest BCUT2D eigenvalue weighted by Gasteiger charge is 2.33. The molecule has 0 unspecified atom stereocenters. The average Bonchev–Trinajstić information content (AvgIpc) is 3.11. The van der Waals surface area contributed by atoms with E-state index in [-0.39, 0.29) is 29.1 Å². The van der Waals surface area contributed by atoms with Gasteiger partial charge in [-0.1, -0.05) is 20.8 Å². The molecule has 0 aliphatic carbocycles. The number of hydrogen-bond acceptors (Lipinski definition) is 6. The predicted molar refractivity (Wildman–Crippen MR) is 120 cm³/mol. The minimum absolute atomic E-state index is 0.00290. The van der Waals surface area contributed by atoms with E-state index in [1.54, 1.807) is 7.11 Å². The third-order valence-electron chi connectivity index (χ3n) is 6.11. The molecule has 2 fully saturated rings. The molecule has 2 aliphatic heterocycles. The Balaban J connectivity index is 1.68.